The van der Waals surface area contributed by atoms with Crippen LogP contribution in [0.1, 0.15) is 23.1 Å². The molecule has 1 heterocycles. The first-order valence-corrected chi connectivity index (χ1v) is 5.33. The minimum absolute atomic E-state index is 0.294. The Hall–Kier alpha value is -0.860. The molecule has 0 bridgehead atoms. The van der Waals surface area contributed by atoms with Crippen LogP contribution in [0.2, 0.25) is 0 Å². The van der Waals surface area contributed by atoms with E-state index >= 15 is 0 Å². The van der Waals surface area contributed by atoms with Gasteiger partial charge in [0, 0.05) is 13.2 Å². The van der Waals surface area contributed by atoms with Crippen molar-refractivity contribution in [3.05, 3.63) is 34.9 Å². The van der Waals surface area contributed by atoms with E-state index in [9.17, 15) is 0 Å². The van der Waals surface area contributed by atoms with Crippen LogP contribution in [0.25, 0.3) is 0 Å². The lowest BCUT2D eigenvalue weighted by Gasteiger charge is -2.20. The highest BCUT2D eigenvalue weighted by Crippen LogP contribution is 2.19. The van der Waals surface area contributed by atoms with Crippen molar-refractivity contribution < 1.29 is 5.11 Å². The third kappa shape index (κ3) is 1.97. The molecule has 2 N–H and O–H groups in total. The minimum Gasteiger partial charge on any atom is -0.396 e. The van der Waals surface area contributed by atoms with E-state index in [4.69, 9.17) is 5.11 Å². The summed E-state index contributed by atoms with van der Waals surface area (Å²) in [6.45, 7) is 2.38. The van der Waals surface area contributed by atoms with Crippen molar-refractivity contribution in [3.63, 3.8) is 0 Å². The Balaban J connectivity index is 2.21. The van der Waals surface area contributed by atoms with Gasteiger partial charge in [-0.05, 0) is 42.5 Å². The molecule has 1 aliphatic rings. The van der Waals surface area contributed by atoms with Gasteiger partial charge in [-0.3, -0.25) is 0 Å². The molecule has 0 aromatic heterocycles. The summed E-state index contributed by atoms with van der Waals surface area (Å²) in [6, 6.07) is 6.52. The van der Waals surface area contributed by atoms with Crippen molar-refractivity contribution in [1.82, 2.24) is 5.32 Å². The molecule has 0 radical (unpaired) electrons. The molecule has 2 rings (SSSR count). The fourth-order valence-corrected chi connectivity index (χ4v) is 2.11. The highest BCUT2D eigenvalue weighted by Gasteiger charge is 2.11. The SMILES string of the molecule is OCCCc1cccc2c1CCNC2. The van der Waals surface area contributed by atoms with E-state index in [1.165, 1.54) is 16.7 Å². The molecule has 0 spiro atoms. The van der Waals surface area contributed by atoms with E-state index in [1.807, 2.05) is 0 Å². The van der Waals surface area contributed by atoms with E-state index in [2.05, 4.69) is 23.5 Å². The molecule has 1 aromatic carbocycles. The molecule has 0 saturated carbocycles. The molecule has 0 amide bonds. The van der Waals surface area contributed by atoms with Crippen LogP contribution < -0.4 is 5.32 Å². The lowest BCUT2D eigenvalue weighted by molar-refractivity contribution is 0.288. The second-order valence-corrected chi connectivity index (χ2v) is 3.81. The number of fused-ring (bicyclic) bond motifs is 1. The summed E-state index contributed by atoms with van der Waals surface area (Å²) in [6.07, 6.45) is 3.03. The van der Waals surface area contributed by atoms with Gasteiger partial charge < -0.3 is 10.4 Å². The smallest absolute Gasteiger partial charge is 0.0434 e. The van der Waals surface area contributed by atoms with E-state index in [-0.39, 0.29) is 0 Å². The molecular formula is C12H17NO. The quantitative estimate of drug-likeness (QED) is 0.754. The van der Waals surface area contributed by atoms with Crippen molar-refractivity contribution in [2.45, 2.75) is 25.8 Å². The number of hydrogen-bond donors (Lipinski definition) is 2. The monoisotopic (exact) mass is 191 g/mol. The average Bonchev–Trinajstić information content (AvgIpc) is 2.26. The predicted molar refractivity (Wildman–Crippen MR) is 57.3 cm³/mol. The molecule has 0 fully saturated rings. The van der Waals surface area contributed by atoms with Gasteiger partial charge in [0.05, 0.1) is 0 Å². The third-order valence-electron chi connectivity index (χ3n) is 2.84. The first-order valence-electron chi connectivity index (χ1n) is 5.33. The Kier molecular flexibility index (Phi) is 3.17. The summed E-state index contributed by atoms with van der Waals surface area (Å²) < 4.78 is 0. The molecule has 14 heavy (non-hydrogen) atoms. The molecule has 0 atom stereocenters. The van der Waals surface area contributed by atoms with Crippen LogP contribution in [0.3, 0.4) is 0 Å². The molecule has 0 saturated heterocycles. The van der Waals surface area contributed by atoms with Gasteiger partial charge in [0.25, 0.3) is 0 Å². The molecular weight excluding hydrogens is 174 g/mol. The normalized spacial score (nSPS) is 15.2. The topological polar surface area (TPSA) is 32.3 Å². The maximum Gasteiger partial charge on any atom is 0.0434 e. The van der Waals surface area contributed by atoms with Crippen LogP contribution in [0.5, 0.6) is 0 Å². The Morgan fingerprint density at radius 3 is 3.14 bits per heavy atom. The Labute approximate surface area is 85.0 Å². The zero-order chi connectivity index (χ0) is 9.80. The van der Waals surface area contributed by atoms with Gasteiger partial charge in [0.15, 0.2) is 0 Å². The van der Waals surface area contributed by atoms with Crippen LogP contribution in [0.15, 0.2) is 18.2 Å². The van der Waals surface area contributed by atoms with Gasteiger partial charge in [-0.25, -0.2) is 0 Å². The van der Waals surface area contributed by atoms with Crippen LogP contribution >= 0.6 is 0 Å². The summed E-state index contributed by atoms with van der Waals surface area (Å²) >= 11 is 0. The number of hydrogen-bond acceptors (Lipinski definition) is 2. The summed E-state index contributed by atoms with van der Waals surface area (Å²) in [5.41, 5.74) is 4.38. The number of nitrogens with one attached hydrogen (secondary N) is 1. The van der Waals surface area contributed by atoms with Crippen LogP contribution in [-0.2, 0) is 19.4 Å². The lowest BCUT2D eigenvalue weighted by atomic mass is 9.93. The lowest BCUT2D eigenvalue weighted by Crippen LogP contribution is -2.24. The minimum atomic E-state index is 0.294. The highest BCUT2D eigenvalue weighted by molar-refractivity contribution is 5.37. The molecule has 2 nitrogen and oxygen atoms in total. The Morgan fingerprint density at radius 1 is 1.36 bits per heavy atom. The standard InChI is InChI=1S/C12H17NO/c14-8-2-5-10-3-1-4-11-9-13-7-6-12(10)11/h1,3-4,13-14H,2,5-9H2. The number of aliphatic hydroxyl groups is 1. The van der Waals surface area contributed by atoms with Crippen molar-refractivity contribution in [1.29, 1.82) is 0 Å². The largest absolute Gasteiger partial charge is 0.396 e. The van der Waals surface area contributed by atoms with Gasteiger partial charge in [0.1, 0.15) is 0 Å². The fraction of sp³-hybridized carbons (Fsp3) is 0.500. The second-order valence-electron chi connectivity index (χ2n) is 3.81. The Morgan fingerprint density at radius 2 is 2.29 bits per heavy atom. The maximum atomic E-state index is 8.82. The van der Waals surface area contributed by atoms with Crippen LogP contribution in [-0.4, -0.2) is 18.3 Å². The van der Waals surface area contributed by atoms with Gasteiger partial charge in [-0.15, -0.1) is 0 Å². The summed E-state index contributed by atoms with van der Waals surface area (Å²) in [7, 11) is 0. The number of aliphatic hydroxyl groups excluding tert-OH is 1. The van der Waals surface area contributed by atoms with Crippen molar-refractivity contribution in [2.24, 2.45) is 0 Å². The number of rotatable bonds is 3. The van der Waals surface area contributed by atoms with E-state index in [0.717, 1.165) is 32.4 Å². The fourth-order valence-electron chi connectivity index (χ4n) is 2.11. The molecule has 76 valence electrons. The first-order chi connectivity index (χ1) is 6.92. The van der Waals surface area contributed by atoms with Crippen molar-refractivity contribution >= 4 is 0 Å². The summed E-state index contributed by atoms with van der Waals surface area (Å²) in [5, 5.41) is 12.2. The van der Waals surface area contributed by atoms with Crippen LogP contribution in [0, 0.1) is 0 Å². The second kappa shape index (κ2) is 4.58. The molecule has 0 aliphatic carbocycles. The molecule has 0 unspecified atom stereocenters. The van der Waals surface area contributed by atoms with Gasteiger partial charge in [0.2, 0.25) is 0 Å². The first kappa shape index (κ1) is 9.69. The predicted octanol–water partition coefficient (Wildman–Crippen LogP) is 1.26. The van der Waals surface area contributed by atoms with Crippen LogP contribution in [0.4, 0.5) is 0 Å². The van der Waals surface area contributed by atoms with Crippen molar-refractivity contribution in [3.8, 4) is 0 Å². The number of benzene rings is 1. The third-order valence-corrected chi connectivity index (χ3v) is 2.84. The van der Waals surface area contributed by atoms with E-state index < -0.39 is 0 Å². The molecule has 1 aromatic rings. The van der Waals surface area contributed by atoms with E-state index in [1.54, 1.807) is 0 Å². The van der Waals surface area contributed by atoms with Gasteiger partial charge in [-0.1, -0.05) is 18.2 Å². The summed E-state index contributed by atoms with van der Waals surface area (Å²) in [4.78, 5) is 0. The molecule has 2 heteroatoms. The average molecular weight is 191 g/mol. The molecule has 1 aliphatic heterocycles. The zero-order valence-corrected chi connectivity index (χ0v) is 8.42. The van der Waals surface area contributed by atoms with E-state index in [0.29, 0.717) is 6.61 Å². The number of aryl methyl sites for hydroxylation is 1. The summed E-state index contributed by atoms with van der Waals surface area (Å²) in [5.74, 6) is 0. The van der Waals surface area contributed by atoms with Crippen molar-refractivity contribution in [2.75, 3.05) is 13.2 Å². The van der Waals surface area contributed by atoms with Gasteiger partial charge >= 0.3 is 0 Å². The maximum absolute atomic E-state index is 8.82. The van der Waals surface area contributed by atoms with Gasteiger partial charge in [-0.2, -0.15) is 0 Å². The zero-order valence-electron chi connectivity index (χ0n) is 8.42. The highest BCUT2D eigenvalue weighted by atomic mass is 16.2. The Bertz CT molecular complexity index is 309.